The van der Waals surface area contributed by atoms with E-state index in [9.17, 15) is 0 Å². The monoisotopic (exact) mass is 577 g/mol. The summed E-state index contributed by atoms with van der Waals surface area (Å²) in [6.45, 7) is 4.70. The van der Waals surface area contributed by atoms with Crippen LogP contribution in [0.4, 0.5) is 17.1 Å². The van der Waals surface area contributed by atoms with Gasteiger partial charge < -0.3 is 9.32 Å². The molecular formula is C43H31NO. The molecule has 1 heterocycles. The van der Waals surface area contributed by atoms with E-state index in [4.69, 9.17) is 4.42 Å². The van der Waals surface area contributed by atoms with Gasteiger partial charge in [0, 0.05) is 27.3 Å². The maximum Gasteiger partial charge on any atom is 0.159 e. The number of hydrogen-bond donors (Lipinski definition) is 0. The number of rotatable bonds is 4. The van der Waals surface area contributed by atoms with Crippen LogP contribution < -0.4 is 4.90 Å². The summed E-state index contributed by atoms with van der Waals surface area (Å²) in [7, 11) is 0. The number of hydrogen-bond acceptors (Lipinski definition) is 2. The molecule has 0 aliphatic heterocycles. The van der Waals surface area contributed by atoms with E-state index in [1.807, 2.05) is 6.07 Å². The van der Waals surface area contributed by atoms with Crippen molar-refractivity contribution >= 4 is 49.8 Å². The average molecular weight is 578 g/mol. The molecule has 0 fully saturated rings. The van der Waals surface area contributed by atoms with Crippen LogP contribution in [-0.4, -0.2) is 0 Å². The molecule has 0 amide bonds. The van der Waals surface area contributed by atoms with Crippen molar-refractivity contribution in [1.82, 2.24) is 0 Å². The second-order valence-electron chi connectivity index (χ2n) is 12.5. The van der Waals surface area contributed by atoms with Crippen LogP contribution in [0.2, 0.25) is 0 Å². The predicted molar refractivity (Wildman–Crippen MR) is 189 cm³/mol. The van der Waals surface area contributed by atoms with Gasteiger partial charge in [0.05, 0.1) is 11.4 Å². The fourth-order valence-corrected chi connectivity index (χ4v) is 7.51. The van der Waals surface area contributed by atoms with E-state index in [1.54, 1.807) is 0 Å². The molecule has 0 atom stereocenters. The fourth-order valence-electron chi connectivity index (χ4n) is 7.51. The highest BCUT2D eigenvalue weighted by molar-refractivity contribution is 6.12. The minimum absolute atomic E-state index is 0.114. The Balaban J connectivity index is 1.35. The second kappa shape index (κ2) is 9.70. The molecule has 45 heavy (non-hydrogen) atoms. The molecule has 8 aromatic rings. The van der Waals surface area contributed by atoms with E-state index in [1.165, 1.54) is 44.2 Å². The van der Waals surface area contributed by atoms with Crippen molar-refractivity contribution in [3.8, 4) is 22.3 Å². The van der Waals surface area contributed by atoms with Gasteiger partial charge in [-0.3, -0.25) is 0 Å². The lowest BCUT2D eigenvalue weighted by molar-refractivity contribution is 0.660. The highest BCUT2D eigenvalue weighted by atomic mass is 16.3. The zero-order chi connectivity index (χ0) is 30.1. The third kappa shape index (κ3) is 3.82. The van der Waals surface area contributed by atoms with Gasteiger partial charge in [0.15, 0.2) is 5.58 Å². The van der Waals surface area contributed by atoms with Gasteiger partial charge in [-0.15, -0.1) is 0 Å². The van der Waals surface area contributed by atoms with E-state index >= 15 is 0 Å². The molecule has 0 saturated heterocycles. The SMILES string of the molecule is CC1(C)c2ccc(N(c3cccc4ccccc34)c3cccc4c3oc3ccccc34)cc2-c2c(-c3ccccc3)cccc21. The maximum atomic E-state index is 6.64. The van der Waals surface area contributed by atoms with Crippen molar-refractivity contribution in [3.63, 3.8) is 0 Å². The molecule has 0 saturated carbocycles. The summed E-state index contributed by atoms with van der Waals surface area (Å²) in [5.41, 5.74) is 12.8. The Morgan fingerprint density at radius 1 is 0.511 bits per heavy atom. The summed E-state index contributed by atoms with van der Waals surface area (Å²) in [5, 5.41) is 4.65. The molecular weight excluding hydrogens is 546 g/mol. The van der Waals surface area contributed by atoms with Gasteiger partial charge in [-0.2, -0.15) is 0 Å². The first kappa shape index (κ1) is 25.9. The number of nitrogens with zero attached hydrogens (tertiary/aromatic N) is 1. The standard InChI is InChI=1S/C43H31NO/c1-43(2)36-26-25-30(27-35(36)41-32(19-11-21-37(41)43)29-13-4-3-5-14-29)44(38-22-10-16-28-15-6-7-17-31(28)38)39-23-12-20-34-33-18-8-9-24-40(33)45-42(34)39/h3-27H,1-2H3. The van der Waals surface area contributed by atoms with E-state index < -0.39 is 0 Å². The van der Waals surface area contributed by atoms with Crippen molar-refractivity contribution in [2.75, 3.05) is 4.90 Å². The smallest absolute Gasteiger partial charge is 0.159 e. The van der Waals surface area contributed by atoms with Gasteiger partial charge in [-0.05, 0) is 69.1 Å². The van der Waals surface area contributed by atoms with E-state index in [2.05, 4.69) is 164 Å². The summed E-state index contributed by atoms with van der Waals surface area (Å²) in [6.07, 6.45) is 0. The van der Waals surface area contributed by atoms with Gasteiger partial charge in [0.2, 0.25) is 0 Å². The minimum atomic E-state index is -0.114. The summed E-state index contributed by atoms with van der Waals surface area (Å²) in [6, 6.07) is 54.6. The highest BCUT2D eigenvalue weighted by Crippen LogP contribution is 2.54. The molecule has 0 spiro atoms. The van der Waals surface area contributed by atoms with Crippen molar-refractivity contribution in [2.24, 2.45) is 0 Å². The van der Waals surface area contributed by atoms with Crippen LogP contribution in [0.15, 0.2) is 156 Å². The Morgan fingerprint density at radius 3 is 2.09 bits per heavy atom. The van der Waals surface area contributed by atoms with Gasteiger partial charge in [0.25, 0.3) is 0 Å². The van der Waals surface area contributed by atoms with Gasteiger partial charge >= 0.3 is 0 Å². The topological polar surface area (TPSA) is 16.4 Å². The Morgan fingerprint density at radius 2 is 1.20 bits per heavy atom. The Kier molecular flexibility index (Phi) is 5.58. The number of benzene rings is 7. The molecule has 214 valence electrons. The van der Waals surface area contributed by atoms with Crippen LogP contribution in [-0.2, 0) is 5.41 Å². The first-order chi connectivity index (χ1) is 22.1. The van der Waals surface area contributed by atoms with Crippen LogP contribution in [0.1, 0.15) is 25.0 Å². The lowest BCUT2D eigenvalue weighted by atomic mass is 9.82. The largest absolute Gasteiger partial charge is 0.454 e. The Labute approximate surface area is 262 Å². The van der Waals surface area contributed by atoms with E-state index in [0.717, 1.165) is 39.0 Å². The van der Waals surface area contributed by atoms with Gasteiger partial charge in [0.1, 0.15) is 5.58 Å². The number of furan rings is 1. The summed E-state index contributed by atoms with van der Waals surface area (Å²) < 4.78 is 6.64. The number of para-hydroxylation sites is 2. The molecule has 2 nitrogen and oxygen atoms in total. The second-order valence-corrected chi connectivity index (χ2v) is 12.5. The highest BCUT2D eigenvalue weighted by Gasteiger charge is 2.37. The van der Waals surface area contributed by atoms with Crippen molar-refractivity contribution < 1.29 is 4.42 Å². The first-order valence-corrected chi connectivity index (χ1v) is 15.6. The van der Waals surface area contributed by atoms with E-state index in [-0.39, 0.29) is 5.41 Å². The van der Waals surface area contributed by atoms with Crippen molar-refractivity contribution in [1.29, 1.82) is 0 Å². The van der Waals surface area contributed by atoms with Crippen LogP contribution in [0.3, 0.4) is 0 Å². The number of anilines is 3. The summed E-state index contributed by atoms with van der Waals surface area (Å²) >= 11 is 0. The molecule has 0 radical (unpaired) electrons. The van der Waals surface area contributed by atoms with Crippen LogP contribution >= 0.6 is 0 Å². The molecule has 1 aliphatic carbocycles. The summed E-state index contributed by atoms with van der Waals surface area (Å²) in [4.78, 5) is 2.39. The Hall–Kier alpha value is -5.60. The van der Waals surface area contributed by atoms with Gasteiger partial charge in [-0.25, -0.2) is 0 Å². The first-order valence-electron chi connectivity index (χ1n) is 15.6. The molecule has 1 aromatic heterocycles. The normalized spacial score (nSPS) is 13.3. The quantitative estimate of drug-likeness (QED) is 0.207. The van der Waals surface area contributed by atoms with Crippen LogP contribution in [0, 0.1) is 0 Å². The molecule has 2 heteroatoms. The minimum Gasteiger partial charge on any atom is -0.454 e. The average Bonchev–Trinajstić information content (AvgIpc) is 3.58. The van der Waals surface area contributed by atoms with Crippen LogP contribution in [0.25, 0.3) is 55.0 Å². The van der Waals surface area contributed by atoms with Gasteiger partial charge in [-0.1, -0.05) is 135 Å². The molecule has 0 unspecified atom stereocenters. The molecule has 1 aliphatic rings. The van der Waals surface area contributed by atoms with E-state index in [0.29, 0.717) is 0 Å². The molecule has 7 aromatic carbocycles. The lowest BCUT2D eigenvalue weighted by Crippen LogP contribution is -2.15. The molecule has 0 N–H and O–H groups in total. The lowest BCUT2D eigenvalue weighted by Gasteiger charge is -2.28. The number of fused-ring (bicyclic) bond motifs is 7. The molecule has 9 rings (SSSR count). The van der Waals surface area contributed by atoms with Crippen molar-refractivity contribution in [3.05, 3.63) is 163 Å². The third-order valence-corrected chi connectivity index (χ3v) is 9.66. The Bertz CT molecular complexity index is 2410. The van der Waals surface area contributed by atoms with Crippen molar-refractivity contribution in [2.45, 2.75) is 19.3 Å². The third-order valence-electron chi connectivity index (χ3n) is 9.66. The maximum absolute atomic E-state index is 6.64. The predicted octanol–water partition coefficient (Wildman–Crippen LogP) is 12.2. The zero-order valence-corrected chi connectivity index (χ0v) is 25.3. The fraction of sp³-hybridized carbons (Fsp3) is 0.0698. The summed E-state index contributed by atoms with van der Waals surface area (Å²) in [5.74, 6) is 0. The van der Waals surface area contributed by atoms with Crippen LogP contribution in [0.5, 0.6) is 0 Å². The molecule has 0 bridgehead atoms. The zero-order valence-electron chi connectivity index (χ0n) is 25.3.